The first-order chi connectivity index (χ1) is 6.20. The van der Waals surface area contributed by atoms with E-state index in [1.54, 1.807) is 6.92 Å². The molecule has 1 saturated heterocycles. The summed E-state index contributed by atoms with van der Waals surface area (Å²) in [6.45, 7) is 3.09. The molecule has 1 aliphatic rings. The summed E-state index contributed by atoms with van der Waals surface area (Å²) in [5.41, 5.74) is 0. The number of ether oxygens (including phenoxy) is 1. The average Bonchev–Trinajstić information content (AvgIpc) is 2.15. The van der Waals surface area contributed by atoms with Crippen LogP contribution in [-0.4, -0.2) is 36.4 Å². The fourth-order valence-electron chi connectivity index (χ4n) is 1.40. The van der Waals surface area contributed by atoms with E-state index in [1.807, 2.05) is 0 Å². The maximum atomic E-state index is 10.4. The molecule has 1 aliphatic heterocycles. The monoisotopic (exact) mass is 187 g/mol. The zero-order valence-corrected chi connectivity index (χ0v) is 7.95. The van der Waals surface area contributed by atoms with E-state index in [0.717, 1.165) is 13.0 Å². The van der Waals surface area contributed by atoms with Crippen LogP contribution in [0.2, 0.25) is 0 Å². The molecule has 0 spiro atoms. The van der Waals surface area contributed by atoms with Crippen molar-refractivity contribution in [2.75, 3.05) is 13.2 Å². The van der Waals surface area contributed by atoms with Crippen molar-refractivity contribution in [1.82, 2.24) is 5.32 Å². The van der Waals surface area contributed by atoms with Gasteiger partial charge in [-0.05, 0) is 26.3 Å². The van der Waals surface area contributed by atoms with Gasteiger partial charge in [0.2, 0.25) is 0 Å². The van der Waals surface area contributed by atoms with Crippen LogP contribution >= 0.6 is 0 Å². The third-order valence-electron chi connectivity index (χ3n) is 2.31. The Labute approximate surface area is 78.3 Å². The molecule has 4 nitrogen and oxygen atoms in total. The fraction of sp³-hybridized carbons (Fsp3) is 0.889. The summed E-state index contributed by atoms with van der Waals surface area (Å²) >= 11 is 0. The van der Waals surface area contributed by atoms with Crippen LogP contribution in [0, 0.1) is 0 Å². The molecule has 0 aromatic carbocycles. The lowest BCUT2D eigenvalue weighted by Gasteiger charge is -2.23. The Bertz CT molecular complexity index is 166. The van der Waals surface area contributed by atoms with Gasteiger partial charge in [0.05, 0.1) is 6.61 Å². The largest absolute Gasteiger partial charge is 0.479 e. The maximum Gasteiger partial charge on any atom is 0.332 e. The Balaban J connectivity index is 2.13. The second-order valence-corrected chi connectivity index (χ2v) is 3.46. The molecule has 2 unspecified atom stereocenters. The number of carboxylic acids is 1. The average molecular weight is 187 g/mol. The van der Waals surface area contributed by atoms with E-state index in [0.29, 0.717) is 12.6 Å². The molecule has 0 aliphatic carbocycles. The van der Waals surface area contributed by atoms with Crippen LogP contribution in [0.3, 0.4) is 0 Å². The summed E-state index contributed by atoms with van der Waals surface area (Å²) in [7, 11) is 0. The molecule has 2 N–H and O–H groups in total. The van der Waals surface area contributed by atoms with Gasteiger partial charge in [-0.25, -0.2) is 4.79 Å². The lowest BCUT2D eigenvalue weighted by atomic mass is 10.1. The molecular formula is C9H17NO3. The molecule has 1 rings (SSSR count). The van der Waals surface area contributed by atoms with E-state index in [2.05, 4.69) is 5.32 Å². The van der Waals surface area contributed by atoms with Crippen LogP contribution in [0.4, 0.5) is 0 Å². The van der Waals surface area contributed by atoms with Crippen molar-refractivity contribution < 1.29 is 14.6 Å². The van der Waals surface area contributed by atoms with Crippen molar-refractivity contribution in [2.45, 2.75) is 38.3 Å². The van der Waals surface area contributed by atoms with Gasteiger partial charge >= 0.3 is 5.97 Å². The molecule has 0 aromatic heterocycles. The Hall–Kier alpha value is -0.610. The molecule has 4 heteroatoms. The van der Waals surface area contributed by atoms with Crippen LogP contribution in [0.5, 0.6) is 0 Å². The number of aliphatic carboxylic acids is 1. The highest BCUT2D eigenvalue weighted by Crippen LogP contribution is 2.07. The highest BCUT2D eigenvalue weighted by Gasteiger charge is 2.16. The highest BCUT2D eigenvalue weighted by atomic mass is 16.5. The number of carboxylic acid groups (broad SMARTS) is 1. The summed E-state index contributed by atoms with van der Waals surface area (Å²) in [5.74, 6) is -0.893. The molecule has 1 fully saturated rings. The Morgan fingerprint density at radius 3 is 3.00 bits per heavy atom. The van der Waals surface area contributed by atoms with Crippen molar-refractivity contribution in [1.29, 1.82) is 0 Å². The predicted molar refractivity (Wildman–Crippen MR) is 48.7 cm³/mol. The zero-order chi connectivity index (χ0) is 9.68. The zero-order valence-electron chi connectivity index (χ0n) is 7.95. The van der Waals surface area contributed by atoms with Gasteiger partial charge in [-0.15, -0.1) is 0 Å². The van der Waals surface area contributed by atoms with Gasteiger partial charge in [0.1, 0.15) is 0 Å². The lowest BCUT2D eigenvalue weighted by Crippen LogP contribution is -2.39. The van der Waals surface area contributed by atoms with Gasteiger partial charge in [-0.1, -0.05) is 6.42 Å². The van der Waals surface area contributed by atoms with Gasteiger partial charge < -0.3 is 15.2 Å². The third kappa shape index (κ3) is 3.74. The molecule has 0 bridgehead atoms. The van der Waals surface area contributed by atoms with Crippen molar-refractivity contribution in [2.24, 2.45) is 0 Å². The van der Waals surface area contributed by atoms with E-state index in [1.165, 1.54) is 12.8 Å². The van der Waals surface area contributed by atoms with Gasteiger partial charge in [0, 0.05) is 6.04 Å². The predicted octanol–water partition coefficient (Wildman–Crippen LogP) is 0.618. The first-order valence-electron chi connectivity index (χ1n) is 4.78. The molecule has 0 amide bonds. The summed E-state index contributed by atoms with van der Waals surface area (Å²) in [6, 6.07) is 0.343. The number of rotatable bonds is 4. The number of hydrogen-bond donors (Lipinski definition) is 2. The van der Waals surface area contributed by atoms with Crippen molar-refractivity contribution >= 4 is 5.97 Å². The van der Waals surface area contributed by atoms with Crippen LogP contribution in [0.25, 0.3) is 0 Å². The van der Waals surface area contributed by atoms with Crippen LogP contribution in [0.1, 0.15) is 26.2 Å². The van der Waals surface area contributed by atoms with Gasteiger partial charge in [-0.3, -0.25) is 0 Å². The van der Waals surface area contributed by atoms with E-state index >= 15 is 0 Å². The molecule has 0 saturated carbocycles. The standard InChI is InChI=1S/C9H17NO3/c1-7(9(11)12)13-6-8-4-2-3-5-10-8/h7-8,10H,2-6H2,1H3,(H,11,12). The highest BCUT2D eigenvalue weighted by molar-refractivity contribution is 5.71. The minimum absolute atomic E-state index is 0.343. The fourth-order valence-corrected chi connectivity index (χ4v) is 1.40. The molecule has 1 heterocycles. The van der Waals surface area contributed by atoms with Crippen LogP contribution in [0.15, 0.2) is 0 Å². The quantitative estimate of drug-likeness (QED) is 0.677. The van der Waals surface area contributed by atoms with E-state index in [4.69, 9.17) is 9.84 Å². The van der Waals surface area contributed by atoms with E-state index < -0.39 is 12.1 Å². The smallest absolute Gasteiger partial charge is 0.332 e. The van der Waals surface area contributed by atoms with Gasteiger partial charge in [0.15, 0.2) is 6.10 Å². The Kier molecular flexibility index (Phi) is 4.18. The third-order valence-corrected chi connectivity index (χ3v) is 2.31. The van der Waals surface area contributed by atoms with Crippen LogP contribution in [-0.2, 0) is 9.53 Å². The maximum absolute atomic E-state index is 10.4. The van der Waals surface area contributed by atoms with Gasteiger partial charge in [0.25, 0.3) is 0 Å². The number of carbonyl (C=O) groups is 1. The first kappa shape index (κ1) is 10.5. The minimum Gasteiger partial charge on any atom is -0.479 e. The molecular weight excluding hydrogens is 170 g/mol. The second kappa shape index (κ2) is 5.19. The second-order valence-electron chi connectivity index (χ2n) is 3.46. The number of hydrogen-bond acceptors (Lipinski definition) is 3. The van der Waals surface area contributed by atoms with Crippen LogP contribution < -0.4 is 5.32 Å². The Morgan fingerprint density at radius 2 is 2.46 bits per heavy atom. The SMILES string of the molecule is CC(OCC1CCCCN1)C(=O)O. The molecule has 0 radical (unpaired) electrons. The molecule has 13 heavy (non-hydrogen) atoms. The number of nitrogens with one attached hydrogen (secondary N) is 1. The topological polar surface area (TPSA) is 58.6 Å². The van der Waals surface area contributed by atoms with Crippen molar-refractivity contribution in [3.63, 3.8) is 0 Å². The first-order valence-corrected chi connectivity index (χ1v) is 4.78. The summed E-state index contributed by atoms with van der Waals surface area (Å²) in [5, 5.41) is 11.9. The van der Waals surface area contributed by atoms with E-state index in [-0.39, 0.29) is 0 Å². The molecule has 0 aromatic rings. The Morgan fingerprint density at radius 1 is 1.69 bits per heavy atom. The van der Waals surface area contributed by atoms with Crippen molar-refractivity contribution in [3.8, 4) is 0 Å². The van der Waals surface area contributed by atoms with Gasteiger partial charge in [-0.2, -0.15) is 0 Å². The minimum atomic E-state index is -0.893. The molecule has 2 atom stereocenters. The normalized spacial score (nSPS) is 25.5. The van der Waals surface area contributed by atoms with E-state index in [9.17, 15) is 4.79 Å². The van der Waals surface area contributed by atoms with Crippen molar-refractivity contribution in [3.05, 3.63) is 0 Å². The summed E-state index contributed by atoms with van der Waals surface area (Å²) in [6.07, 6.45) is 2.82. The summed E-state index contributed by atoms with van der Waals surface area (Å²) < 4.78 is 5.18. The summed E-state index contributed by atoms with van der Waals surface area (Å²) in [4.78, 5) is 10.4. The number of piperidine rings is 1. The molecule has 76 valence electrons. The lowest BCUT2D eigenvalue weighted by molar-refractivity contribution is -0.149.